The van der Waals surface area contributed by atoms with Gasteiger partial charge in [-0.1, -0.05) is 235 Å². The van der Waals surface area contributed by atoms with Gasteiger partial charge < -0.3 is 14.2 Å². The molecular formula is C60H104O6. The van der Waals surface area contributed by atoms with Gasteiger partial charge in [0.05, 0.1) is 0 Å². The van der Waals surface area contributed by atoms with Crippen molar-refractivity contribution in [1.29, 1.82) is 0 Å². The molecule has 0 saturated heterocycles. The van der Waals surface area contributed by atoms with Crippen LogP contribution < -0.4 is 0 Å². The van der Waals surface area contributed by atoms with E-state index in [1.54, 1.807) is 0 Å². The quantitative estimate of drug-likeness (QED) is 0.0262. The number of hydrogen-bond donors (Lipinski definition) is 0. The summed E-state index contributed by atoms with van der Waals surface area (Å²) >= 11 is 0. The summed E-state index contributed by atoms with van der Waals surface area (Å²) in [6.07, 6.45) is 69.2. The molecule has 0 amide bonds. The highest BCUT2D eigenvalue weighted by molar-refractivity contribution is 5.71. The molecule has 0 radical (unpaired) electrons. The van der Waals surface area contributed by atoms with Crippen molar-refractivity contribution in [2.45, 2.75) is 277 Å². The number of rotatable bonds is 50. The van der Waals surface area contributed by atoms with E-state index in [-0.39, 0.29) is 31.1 Å². The van der Waals surface area contributed by atoms with Crippen molar-refractivity contribution >= 4 is 17.9 Å². The zero-order valence-corrected chi connectivity index (χ0v) is 43.4. The van der Waals surface area contributed by atoms with Crippen molar-refractivity contribution in [2.24, 2.45) is 0 Å². The monoisotopic (exact) mass is 921 g/mol. The average Bonchev–Trinajstić information content (AvgIpc) is 3.31. The summed E-state index contributed by atoms with van der Waals surface area (Å²) in [7, 11) is 0. The van der Waals surface area contributed by atoms with E-state index in [0.717, 1.165) is 96.3 Å². The lowest BCUT2D eigenvalue weighted by Gasteiger charge is -2.18. The molecule has 0 aliphatic heterocycles. The summed E-state index contributed by atoms with van der Waals surface area (Å²) in [5, 5.41) is 0. The first kappa shape index (κ1) is 62.8. The molecule has 0 rings (SSSR count). The Balaban J connectivity index is 4.19. The van der Waals surface area contributed by atoms with Crippen molar-refractivity contribution in [3.05, 3.63) is 72.9 Å². The highest BCUT2D eigenvalue weighted by atomic mass is 16.6. The molecule has 6 heteroatoms. The van der Waals surface area contributed by atoms with Gasteiger partial charge >= 0.3 is 17.9 Å². The molecule has 0 fully saturated rings. The summed E-state index contributed by atoms with van der Waals surface area (Å²) < 4.78 is 16.7. The van der Waals surface area contributed by atoms with Crippen LogP contribution in [0.1, 0.15) is 271 Å². The standard InChI is InChI=1S/C60H104O6/c1-4-7-10-13-16-18-20-22-24-26-28-29-30-31-33-34-36-38-40-42-44-47-50-53-59(62)65-56-57(55-64-58(61)52-49-46-15-12-9-6-3)66-60(63)54-51-48-45-43-41-39-37-35-32-27-25-23-21-19-17-14-11-8-5-2/h7,10,16,18,22-25,28-29,31,33,57H,4-6,8-9,11-15,17,19-21,26-27,30,32,34-56H2,1-3H3/b10-7-,18-16-,24-22-,25-23-,29-28-,33-31-. The minimum absolute atomic E-state index is 0.0791. The van der Waals surface area contributed by atoms with E-state index in [4.69, 9.17) is 14.2 Å². The molecule has 0 heterocycles. The maximum atomic E-state index is 12.8. The van der Waals surface area contributed by atoms with Crippen molar-refractivity contribution in [2.75, 3.05) is 13.2 Å². The number of esters is 3. The Bertz CT molecular complexity index is 1240. The molecule has 6 nitrogen and oxygen atoms in total. The van der Waals surface area contributed by atoms with Crippen LogP contribution in [0.15, 0.2) is 72.9 Å². The van der Waals surface area contributed by atoms with Gasteiger partial charge in [0.2, 0.25) is 0 Å². The zero-order valence-electron chi connectivity index (χ0n) is 43.4. The highest BCUT2D eigenvalue weighted by Crippen LogP contribution is 2.15. The van der Waals surface area contributed by atoms with Gasteiger partial charge in [-0.05, 0) is 89.9 Å². The highest BCUT2D eigenvalue weighted by Gasteiger charge is 2.19. The van der Waals surface area contributed by atoms with Gasteiger partial charge in [0.1, 0.15) is 13.2 Å². The average molecular weight is 921 g/mol. The molecule has 0 spiro atoms. The number of allylic oxidation sites excluding steroid dienone is 12. The van der Waals surface area contributed by atoms with Crippen LogP contribution in [0.4, 0.5) is 0 Å². The van der Waals surface area contributed by atoms with Crippen LogP contribution in [-0.4, -0.2) is 37.2 Å². The fourth-order valence-electron chi connectivity index (χ4n) is 7.76. The minimum atomic E-state index is -0.777. The van der Waals surface area contributed by atoms with Crippen LogP contribution in [0, 0.1) is 0 Å². The van der Waals surface area contributed by atoms with Crippen molar-refractivity contribution in [3.63, 3.8) is 0 Å². The molecular weight excluding hydrogens is 817 g/mol. The van der Waals surface area contributed by atoms with E-state index < -0.39 is 6.10 Å². The summed E-state index contributed by atoms with van der Waals surface area (Å²) in [6.45, 7) is 6.46. The summed E-state index contributed by atoms with van der Waals surface area (Å²) in [5.74, 6) is -0.897. The normalized spacial score (nSPS) is 12.6. The fourth-order valence-corrected chi connectivity index (χ4v) is 7.76. The number of ether oxygens (including phenoxy) is 3. The maximum Gasteiger partial charge on any atom is 0.306 e. The third-order valence-electron chi connectivity index (χ3n) is 11.9. The van der Waals surface area contributed by atoms with Gasteiger partial charge in [0.15, 0.2) is 6.10 Å². The molecule has 0 aromatic carbocycles. The first-order chi connectivity index (χ1) is 32.5. The number of carbonyl (C=O) groups excluding carboxylic acids is 3. The Labute approximate surface area is 408 Å². The molecule has 0 saturated carbocycles. The van der Waals surface area contributed by atoms with Crippen LogP contribution in [0.5, 0.6) is 0 Å². The summed E-state index contributed by atoms with van der Waals surface area (Å²) in [4.78, 5) is 37.9. The van der Waals surface area contributed by atoms with Gasteiger partial charge in [0.25, 0.3) is 0 Å². The van der Waals surface area contributed by atoms with Crippen LogP contribution in [-0.2, 0) is 28.6 Å². The third-order valence-corrected chi connectivity index (χ3v) is 11.9. The molecule has 0 aromatic rings. The van der Waals surface area contributed by atoms with Gasteiger partial charge in [-0.3, -0.25) is 14.4 Å². The molecule has 1 unspecified atom stereocenters. The van der Waals surface area contributed by atoms with Gasteiger partial charge in [0, 0.05) is 19.3 Å². The van der Waals surface area contributed by atoms with Crippen LogP contribution in [0.3, 0.4) is 0 Å². The van der Waals surface area contributed by atoms with Gasteiger partial charge in [-0.25, -0.2) is 0 Å². The molecule has 0 N–H and O–H groups in total. The lowest BCUT2D eigenvalue weighted by Crippen LogP contribution is -2.30. The summed E-state index contributed by atoms with van der Waals surface area (Å²) in [5.41, 5.74) is 0. The molecule has 0 bridgehead atoms. The molecule has 0 aromatic heterocycles. The number of unbranched alkanes of at least 4 members (excludes halogenated alkanes) is 27. The largest absolute Gasteiger partial charge is 0.462 e. The van der Waals surface area contributed by atoms with Crippen LogP contribution in [0.2, 0.25) is 0 Å². The lowest BCUT2D eigenvalue weighted by molar-refractivity contribution is -0.167. The van der Waals surface area contributed by atoms with Crippen LogP contribution >= 0.6 is 0 Å². The fraction of sp³-hybridized carbons (Fsp3) is 0.750. The lowest BCUT2D eigenvalue weighted by atomic mass is 10.1. The molecule has 1 atom stereocenters. The molecule has 0 aliphatic rings. The Morgan fingerprint density at radius 2 is 0.591 bits per heavy atom. The van der Waals surface area contributed by atoms with Crippen molar-refractivity contribution in [1.82, 2.24) is 0 Å². The second kappa shape index (κ2) is 54.5. The molecule has 66 heavy (non-hydrogen) atoms. The van der Waals surface area contributed by atoms with Gasteiger partial charge in [-0.15, -0.1) is 0 Å². The van der Waals surface area contributed by atoms with E-state index in [1.807, 2.05) is 0 Å². The smallest absolute Gasteiger partial charge is 0.306 e. The Morgan fingerprint density at radius 1 is 0.318 bits per heavy atom. The second-order valence-electron chi connectivity index (χ2n) is 18.5. The molecule has 0 aliphatic carbocycles. The van der Waals surface area contributed by atoms with Crippen molar-refractivity contribution in [3.8, 4) is 0 Å². The molecule has 380 valence electrons. The third kappa shape index (κ3) is 51.8. The second-order valence-corrected chi connectivity index (χ2v) is 18.5. The first-order valence-electron chi connectivity index (χ1n) is 27.9. The van der Waals surface area contributed by atoms with Crippen molar-refractivity contribution < 1.29 is 28.6 Å². The number of hydrogen-bond acceptors (Lipinski definition) is 6. The van der Waals surface area contributed by atoms with E-state index in [9.17, 15) is 14.4 Å². The van der Waals surface area contributed by atoms with Gasteiger partial charge in [-0.2, -0.15) is 0 Å². The van der Waals surface area contributed by atoms with E-state index in [0.29, 0.717) is 19.3 Å². The predicted molar refractivity (Wildman–Crippen MR) is 284 cm³/mol. The topological polar surface area (TPSA) is 78.9 Å². The van der Waals surface area contributed by atoms with E-state index in [2.05, 4.69) is 93.7 Å². The number of carbonyl (C=O) groups is 3. The Hall–Kier alpha value is -3.15. The van der Waals surface area contributed by atoms with E-state index >= 15 is 0 Å². The minimum Gasteiger partial charge on any atom is -0.462 e. The predicted octanol–water partition coefficient (Wildman–Crippen LogP) is 18.6. The Morgan fingerprint density at radius 3 is 0.939 bits per heavy atom. The first-order valence-corrected chi connectivity index (χ1v) is 27.9. The summed E-state index contributed by atoms with van der Waals surface area (Å²) in [6, 6.07) is 0. The Kier molecular flexibility index (Phi) is 51.9. The zero-order chi connectivity index (χ0) is 47.9. The van der Waals surface area contributed by atoms with Crippen LogP contribution in [0.25, 0.3) is 0 Å². The maximum absolute atomic E-state index is 12.8. The SMILES string of the molecule is CC/C=C\C/C=C\C/C=C\C/C=C\C/C=C\CCCCCCCCCC(=O)OCC(COC(=O)CCCCCCCC)OC(=O)CCCCCCCCCCC/C=C\CCCCCCCC. The van der Waals surface area contributed by atoms with E-state index in [1.165, 1.54) is 135 Å².